The molecule has 0 unspecified atom stereocenters. The molecule has 1 heterocycles. The zero-order valence-corrected chi connectivity index (χ0v) is 11.0. The maximum absolute atomic E-state index is 5.40. The second-order valence-corrected chi connectivity index (χ2v) is 3.51. The first-order valence-corrected chi connectivity index (χ1v) is 6.16. The fraction of sp³-hybridized carbons (Fsp3) is 0.583. The van der Waals surface area contributed by atoms with Crippen molar-refractivity contribution in [3.05, 3.63) is 12.7 Å². The van der Waals surface area contributed by atoms with Crippen LogP contribution in [0.1, 0.15) is 26.7 Å². The normalized spacial score (nSPS) is 9.89. The Bertz CT molecular complexity index is 371. The Balaban J connectivity index is 2.73. The lowest BCUT2D eigenvalue weighted by Crippen LogP contribution is -2.10. The third kappa shape index (κ3) is 4.99. The van der Waals surface area contributed by atoms with Crippen molar-refractivity contribution < 1.29 is 9.47 Å². The van der Waals surface area contributed by atoms with E-state index in [0.29, 0.717) is 19.2 Å². The van der Waals surface area contributed by atoms with Crippen LogP contribution in [0.3, 0.4) is 0 Å². The summed E-state index contributed by atoms with van der Waals surface area (Å²) < 4.78 is 10.7. The molecule has 1 aromatic heterocycles. The summed E-state index contributed by atoms with van der Waals surface area (Å²) in [5.41, 5.74) is 0. The molecule has 1 N–H and O–H groups in total. The van der Waals surface area contributed by atoms with E-state index in [2.05, 4.69) is 33.8 Å². The van der Waals surface area contributed by atoms with Crippen molar-refractivity contribution in [2.75, 3.05) is 25.1 Å². The largest absolute Gasteiger partial charge is 0.464 e. The molecule has 0 spiro atoms. The number of rotatable bonds is 9. The minimum atomic E-state index is 0.272. The van der Waals surface area contributed by atoms with Crippen LogP contribution >= 0.6 is 0 Å². The first-order chi connectivity index (χ1) is 8.80. The molecule has 100 valence electrons. The number of nitrogens with zero attached hydrogens (tertiary/aromatic N) is 3. The van der Waals surface area contributed by atoms with Gasteiger partial charge < -0.3 is 14.8 Å². The Morgan fingerprint density at radius 3 is 2.50 bits per heavy atom. The predicted octanol–water partition coefficient (Wildman–Crippen LogP) is 2.05. The van der Waals surface area contributed by atoms with Gasteiger partial charge >= 0.3 is 12.0 Å². The van der Waals surface area contributed by atoms with E-state index in [1.165, 1.54) is 0 Å². The van der Waals surface area contributed by atoms with Gasteiger partial charge in [0.05, 0.1) is 13.2 Å². The maximum Gasteiger partial charge on any atom is 0.324 e. The number of ether oxygens (including phenoxy) is 2. The minimum Gasteiger partial charge on any atom is -0.464 e. The zero-order valence-electron chi connectivity index (χ0n) is 11.0. The van der Waals surface area contributed by atoms with Gasteiger partial charge in [0.2, 0.25) is 5.95 Å². The molecule has 0 atom stereocenters. The van der Waals surface area contributed by atoms with E-state index in [1.54, 1.807) is 6.08 Å². The lowest BCUT2D eigenvalue weighted by atomic mass is 10.5. The molecule has 1 rings (SSSR count). The fourth-order valence-corrected chi connectivity index (χ4v) is 1.15. The van der Waals surface area contributed by atoms with Crippen LogP contribution in [-0.4, -0.2) is 34.7 Å². The van der Waals surface area contributed by atoms with Crippen molar-refractivity contribution in [1.29, 1.82) is 0 Å². The van der Waals surface area contributed by atoms with Crippen LogP contribution in [0.4, 0.5) is 5.95 Å². The van der Waals surface area contributed by atoms with Gasteiger partial charge in [0.1, 0.15) is 0 Å². The second kappa shape index (κ2) is 8.27. The molecule has 0 aliphatic carbocycles. The van der Waals surface area contributed by atoms with Crippen LogP contribution in [0, 0.1) is 0 Å². The maximum atomic E-state index is 5.40. The number of nitrogens with one attached hydrogen (secondary N) is 1. The molecule has 0 aliphatic heterocycles. The van der Waals surface area contributed by atoms with Gasteiger partial charge in [-0.15, -0.1) is 11.6 Å². The highest BCUT2D eigenvalue weighted by Crippen LogP contribution is 2.13. The van der Waals surface area contributed by atoms with Crippen molar-refractivity contribution >= 4 is 5.95 Å². The van der Waals surface area contributed by atoms with Gasteiger partial charge in [-0.2, -0.15) is 9.97 Å². The molecule has 0 radical (unpaired) electrons. The molecular formula is C12H20N4O2. The molecule has 0 amide bonds. The molecule has 6 heteroatoms. The second-order valence-electron chi connectivity index (χ2n) is 3.51. The highest BCUT2D eigenvalue weighted by atomic mass is 16.5. The quantitative estimate of drug-likeness (QED) is 0.536. The average molecular weight is 252 g/mol. The van der Waals surface area contributed by atoms with Gasteiger partial charge in [-0.25, -0.2) is 0 Å². The zero-order chi connectivity index (χ0) is 13.2. The van der Waals surface area contributed by atoms with Crippen molar-refractivity contribution in [2.45, 2.75) is 26.7 Å². The number of hydrogen-bond donors (Lipinski definition) is 1. The van der Waals surface area contributed by atoms with Gasteiger partial charge in [-0.05, 0) is 19.8 Å². The summed E-state index contributed by atoms with van der Waals surface area (Å²) in [6.45, 7) is 9.36. The summed E-state index contributed by atoms with van der Waals surface area (Å²) in [6.07, 6.45) is 3.51. The Morgan fingerprint density at radius 2 is 1.89 bits per heavy atom. The summed E-state index contributed by atoms with van der Waals surface area (Å²) in [4.78, 5) is 12.4. The molecule has 0 aliphatic rings. The van der Waals surface area contributed by atoms with Crippen molar-refractivity contribution in [3.63, 3.8) is 0 Å². The van der Waals surface area contributed by atoms with E-state index in [4.69, 9.17) is 9.47 Å². The lowest BCUT2D eigenvalue weighted by molar-refractivity contribution is 0.273. The van der Waals surface area contributed by atoms with Crippen molar-refractivity contribution in [1.82, 2.24) is 15.0 Å². The fourth-order valence-electron chi connectivity index (χ4n) is 1.15. The Kier molecular flexibility index (Phi) is 6.53. The van der Waals surface area contributed by atoms with Gasteiger partial charge in [0.15, 0.2) is 0 Å². The van der Waals surface area contributed by atoms with E-state index in [9.17, 15) is 0 Å². The third-order valence-electron chi connectivity index (χ3n) is 1.95. The third-order valence-corrected chi connectivity index (χ3v) is 1.95. The molecule has 0 fully saturated rings. The predicted molar refractivity (Wildman–Crippen MR) is 70.1 cm³/mol. The van der Waals surface area contributed by atoms with Gasteiger partial charge in [-0.3, -0.25) is 0 Å². The monoisotopic (exact) mass is 252 g/mol. The first kappa shape index (κ1) is 14.2. The summed E-state index contributed by atoms with van der Waals surface area (Å²) in [5.74, 6) is 0.476. The number of anilines is 1. The Hall–Kier alpha value is -1.85. The lowest BCUT2D eigenvalue weighted by Gasteiger charge is -2.08. The van der Waals surface area contributed by atoms with Crippen LogP contribution in [0.15, 0.2) is 12.7 Å². The molecule has 1 aromatic rings. The highest BCUT2D eigenvalue weighted by molar-refractivity contribution is 5.27. The molecular weight excluding hydrogens is 232 g/mol. The standard InChI is InChI=1S/C12H20N4O2/c1-4-7-9-18-12-15-10(13-8-5-2)14-11(16-12)17-6-3/h4H,1,5-9H2,2-3H3,(H,13,14,15,16). The van der Waals surface area contributed by atoms with E-state index in [-0.39, 0.29) is 12.0 Å². The number of aromatic nitrogens is 3. The molecule has 0 saturated carbocycles. The van der Waals surface area contributed by atoms with Crippen molar-refractivity contribution in [2.24, 2.45) is 0 Å². The van der Waals surface area contributed by atoms with E-state index >= 15 is 0 Å². The topological polar surface area (TPSA) is 69.2 Å². The van der Waals surface area contributed by atoms with Crippen LogP contribution in [0.2, 0.25) is 0 Å². The molecule has 0 saturated heterocycles. The number of hydrogen-bond acceptors (Lipinski definition) is 6. The van der Waals surface area contributed by atoms with Gasteiger partial charge in [0.25, 0.3) is 0 Å². The summed E-state index contributed by atoms with van der Waals surface area (Å²) in [6, 6.07) is 0.550. The Labute approximate surface area is 107 Å². The van der Waals surface area contributed by atoms with Crippen LogP contribution in [0.25, 0.3) is 0 Å². The van der Waals surface area contributed by atoms with Gasteiger partial charge in [-0.1, -0.05) is 13.0 Å². The minimum absolute atomic E-state index is 0.272. The van der Waals surface area contributed by atoms with E-state index in [1.807, 2.05) is 6.92 Å². The van der Waals surface area contributed by atoms with E-state index < -0.39 is 0 Å². The van der Waals surface area contributed by atoms with Crippen molar-refractivity contribution in [3.8, 4) is 12.0 Å². The summed E-state index contributed by atoms with van der Waals surface area (Å²) in [7, 11) is 0. The average Bonchev–Trinajstić information content (AvgIpc) is 2.37. The summed E-state index contributed by atoms with van der Waals surface area (Å²) in [5, 5.41) is 3.08. The highest BCUT2D eigenvalue weighted by Gasteiger charge is 2.07. The summed E-state index contributed by atoms with van der Waals surface area (Å²) >= 11 is 0. The molecule has 18 heavy (non-hydrogen) atoms. The van der Waals surface area contributed by atoms with Gasteiger partial charge in [0, 0.05) is 6.54 Å². The van der Waals surface area contributed by atoms with E-state index in [0.717, 1.165) is 19.4 Å². The smallest absolute Gasteiger partial charge is 0.324 e. The molecule has 6 nitrogen and oxygen atoms in total. The Morgan fingerprint density at radius 1 is 1.17 bits per heavy atom. The SMILES string of the molecule is C=CCCOc1nc(NCCC)nc(OCC)n1. The molecule has 0 bridgehead atoms. The molecule has 0 aromatic carbocycles. The van der Waals surface area contributed by atoms with Crippen LogP contribution < -0.4 is 14.8 Å². The first-order valence-electron chi connectivity index (χ1n) is 6.16. The van der Waals surface area contributed by atoms with Crippen LogP contribution in [-0.2, 0) is 0 Å². The van der Waals surface area contributed by atoms with Crippen LogP contribution in [0.5, 0.6) is 12.0 Å².